The first-order valence-corrected chi connectivity index (χ1v) is 7.28. The Bertz CT molecular complexity index is 358. The van der Waals surface area contributed by atoms with Crippen LogP contribution in [0, 0.1) is 11.7 Å². The van der Waals surface area contributed by atoms with Gasteiger partial charge in [-0.1, -0.05) is 44.4 Å². The van der Waals surface area contributed by atoms with E-state index in [2.05, 4.69) is 12.2 Å². The standard InChI is InChI=1S/C16H24FN/c1-2-18-12-15(13-8-4-3-5-9-13)14-10-6-7-11-16(14)17/h6-7,10-11,13,15,18H,2-5,8-9,12H2,1H3. The highest BCUT2D eigenvalue weighted by Crippen LogP contribution is 2.36. The van der Waals surface area contributed by atoms with Crippen molar-refractivity contribution < 1.29 is 4.39 Å². The molecule has 2 rings (SSSR count). The van der Waals surface area contributed by atoms with Crippen molar-refractivity contribution in [2.75, 3.05) is 13.1 Å². The fourth-order valence-corrected chi connectivity index (χ4v) is 3.14. The summed E-state index contributed by atoms with van der Waals surface area (Å²) < 4.78 is 14.0. The summed E-state index contributed by atoms with van der Waals surface area (Å²) in [5, 5.41) is 3.40. The van der Waals surface area contributed by atoms with Gasteiger partial charge in [0, 0.05) is 12.5 Å². The van der Waals surface area contributed by atoms with Crippen LogP contribution in [0.1, 0.15) is 50.5 Å². The second kappa shape index (κ2) is 6.89. The quantitative estimate of drug-likeness (QED) is 0.828. The SMILES string of the molecule is CCNCC(c1ccccc1F)C1CCCCC1. The van der Waals surface area contributed by atoms with Gasteiger partial charge >= 0.3 is 0 Å². The number of hydrogen-bond donors (Lipinski definition) is 1. The fraction of sp³-hybridized carbons (Fsp3) is 0.625. The Morgan fingerprint density at radius 1 is 1.22 bits per heavy atom. The number of hydrogen-bond acceptors (Lipinski definition) is 1. The number of nitrogens with one attached hydrogen (secondary N) is 1. The molecule has 0 bridgehead atoms. The van der Waals surface area contributed by atoms with E-state index in [0.717, 1.165) is 18.7 Å². The van der Waals surface area contributed by atoms with Gasteiger partial charge in [0.2, 0.25) is 0 Å². The van der Waals surface area contributed by atoms with E-state index in [0.29, 0.717) is 11.8 Å². The first-order valence-electron chi connectivity index (χ1n) is 7.28. The third-order valence-corrected chi connectivity index (χ3v) is 4.14. The summed E-state index contributed by atoms with van der Waals surface area (Å²) in [5.74, 6) is 0.951. The molecule has 1 unspecified atom stereocenters. The molecular weight excluding hydrogens is 225 g/mol. The van der Waals surface area contributed by atoms with E-state index in [1.807, 2.05) is 12.1 Å². The van der Waals surface area contributed by atoms with Crippen LogP contribution >= 0.6 is 0 Å². The monoisotopic (exact) mass is 249 g/mol. The molecule has 1 N–H and O–H groups in total. The molecule has 2 heteroatoms. The zero-order valence-electron chi connectivity index (χ0n) is 11.3. The number of rotatable bonds is 5. The summed E-state index contributed by atoms with van der Waals surface area (Å²) in [6.07, 6.45) is 6.47. The lowest BCUT2D eigenvalue weighted by Gasteiger charge is -2.31. The molecule has 1 fully saturated rings. The second-order valence-electron chi connectivity index (χ2n) is 5.33. The van der Waals surface area contributed by atoms with Crippen LogP contribution in [0.15, 0.2) is 24.3 Å². The number of halogens is 1. The van der Waals surface area contributed by atoms with Crippen LogP contribution in [0.3, 0.4) is 0 Å². The summed E-state index contributed by atoms with van der Waals surface area (Å²) in [6, 6.07) is 7.30. The summed E-state index contributed by atoms with van der Waals surface area (Å²) >= 11 is 0. The van der Waals surface area contributed by atoms with Crippen molar-refractivity contribution >= 4 is 0 Å². The number of benzene rings is 1. The smallest absolute Gasteiger partial charge is 0.126 e. The highest BCUT2D eigenvalue weighted by Gasteiger charge is 2.26. The van der Waals surface area contributed by atoms with Gasteiger partial charge in [-0.2, -0.15) is 0 Å². The van der Waals surface area contributed by atoms with E-state index >= 15 is 0 Å². The van der Waals surface area contributed by atoms with Gasteiger partial charge in [-0.25, -0.2) is 4.39 Å². The topological polar surface area (TPSA) is 12.0 Å². The highest BCUT2D eigenvalue weighted by molar-refractivity contribution is 5.23. The van der Waals surface area contributed by atoms with E-state index in [1.54, 1.807) is 12.1 Å². The third kappa shape index (κ3) is 3.32. The highest BCUT2D eigenvalue weighted by atomic mass is 19.1. The Morgan fingerprint density at radius 2 is 1.94 bits per heavy atom. The summed E-state index contributed by atoms with van der Waals surface area (Å²) in [5.41, 5.74) is 0.908. The van der Waals surface area contributed by atoms with Gasteiger partial charge in [0.05, 0.1) is 0 Å². The number of likely N-dealkylation sites (N-methyl/N-ethyl adjacent to an activating group) is 1. The Kier molecular flexibility index (Phi) is 5.18. The van der Waals surface area contributed by atoms with Crippen molar-refractivity contribution in [3.8, 4) is 0 Å². The average Bonchev–Trinajstić information content (AvgIpc) is 2.42. The van der Waals surface area contributed by atoms with Gasteiger partial charge in [0.25, 0.3) is 0 Å². The molecule has 0 heterocycles. The molecule has 18 heavy (non-hydrogen) atoms. The fourth-order valence-electron chi connectivity index (χ4n) is 3.14. The Labute approximate surface area is 110 Å². The zero-order chi connectivity index (χ0) is 12.8. The van der Waals surface area contributed by atoms with Crippen molar-refractivity contribution in [2.24, 2.45) is 5.92 Å². The molecule has 1 aliphatic rings. The van der Waals surface area contributed by atoms with E-state index in [4.69, 9.17) is 0 Å². The van der Waals surface area contributed by atoms with Crippen LogP contribution in [0.4, 0.5) is 4.39 Å². The van der Waals surface area contributed by atoms with Gasteiger partial charge in [-0.05, 0) is 36.9 Å². The lowest BCUT2D eigenvalue weighted by molar-refractivity contribution is 0.293. The van der Waals surface area contributed by atoms with E-state index in [-0.39, 0.29) is 5.82 Å². The molecule has 1 saturated carbocycles. The molecule has 1 aromatic rings. The second-order valence-corrected chi connectivity index (χ2v) is 5.33. The van der Waals surface area contributed by atoms with Crippen molar-refractivity contribution in [1.29, 1.82) is 0 Å². The van der Waals surface area contributed by atoms with Gasteiger partial charge in [-0.15, -0.1) is 0 Å². The summed E-state index contributed by atoms with van der Waals surface area (Å²) in [7, 11) is 0. The molecule has 0 radical (unpaired) electrons. The lowest BCUT2D eigenvalue weighted by atomic mass is 9.76. The molecule has 0 saturated heterocycles. The molecule has 0 aliphatic heterocycles. The molecular formula is C16H24FN. The van der Waals surface area contributed by atoms with Gasteiger partial charge < -0.3 is 5.32 Å². The minimum Gasteiger partial charge on any atom is -0.316 e. The molecule has 1 aliphatic carbocycles. The van der Waals surface area contributed by atoms with Crippen LogP contribution < -0.4 is 5.32 Å². The van der Waals surface area contributed by atoms with Crippen LogP contribution in [0.25, 0.3) is 0 Å². The van der Waals surface area contributed by atoms with Crippen LogP contribution in [-0.2, 0) is 0 Å². The van der Waals surface area contributed by atoms with E-state index < -0.39 is 0 Å². The molecule has 1 aromatic carbocycles. The largest absolute Gasteiger partial charge is 0.316 e. The van der Waals surface area contributed by atoms with Crippen molar-refractivity contribution in [2.45, 2.75) is 44.9 Å². The summed E-state index contributed by atoms with van der Waals surface area (Å²) in [6.45, 7) is 3.97. The van der Waals surface area contributed by atoms with Gasteiger partial charge in [0.1, 0.15) is 5.82 Å². The van der Waals surface area contributed by atoms with Gasteiger partial charge in [-0.3, -0.25) is 0 Å². The predicted octanol–water partition coefficient (Wildman–Crippen LogP) is 4.10. The van der Waals surface area contributed by atoms with Crippen molar-refractivity contribution in [3.05, 3.63) is 35.6 Å². The van der Waals surface area contributed by atoms with Crippen LogP contribution in [0.2, 0.25) is 0 Å². The van der Waals surface area contributed by atoms with E-state index in [9.17, 15) is 4.39 Å². The minimum atomic E-state index is -0.0361. The average molecular weight is 249 g/mol. The first-order chi connectivity index (χ1) is 8.83. The predicted molar refractivity (Wildman–Crippen MR) is 74.3 cm³/mol. The summed E-state index contributed by atoms with van der Waals surface area (Å²) in [4.78, 5) is 0. The molecule has 1 nitrogen and oxygen atoms in total. The molecule has 0 spiro atoms. The normalized spacial score (nSPS) is 18.8. The molecule has 0 aromatic heterocycles. The minimum absolute atomic E-state index is 0.0361. The van der Waals surface area contributed by atoms with Crippen molar-refractivity contribution in [1.82, 2.24) is 5.32 Å². The lowest BCUT2D eigenvalue weighted by Crippen LogP contribution is -2.28. The Balaban J connectivity index is 2.15. The zero-order valence-corrected chi connectivity index (χ0v) is 11.3. The molecule has 1 atom stereocenters. The van der Waals surface area contributed by atoms with Crippen molar-refractivity contribution in [3.63, 3.8) is 0 Å². The maximum Gasteiger partial charge on any atom is 0.126 e. The third-order valence-electron chi connectivity index (χ3n) is 4.14. The first kappa shape index (κ1) is 13.5. The Morgan fingerprint density at radius 3 is 2.61 bits per heavy atom. The van der Waals surface area contributed by atoms with Crippen LogP contribution in [0.5, 0.6) is 0 Å². The Hall–Kier alpha value is -0.890. The van der Waals surface area contributed by atoms with Gasteiger partial charge in [0.15, 0.2) is 0 Å². The maximum atomic E-state index is 14.0. The molecule has 100 valence electrons. The van der Waals surface area contributed by atoms with Crippen LogP contribution in [-0.4, -0.2) is 13.1 Å². The maximum absolute atomic E-state index is 14.0. The molecule has 0 amide bonds. The van der Waals surface area contributed by atoms with E-state index in [1.165, 1.54) is 32.1 Å².